The van der Waals surface area contributed by atoms with E-state index in [4.69, 9.17) is 4.74 Å². The largest absolute Gasteiger partial charge is 0.389 e. The zero-order valence-corrected chi connectivity index (χ0v) is 9.96. The molecular formula is C10H22N2O3. The van der Waals surface area contributed by atoms with Gasteiger partial charge in [-0.1, -0.05) is 6.92 Å². The normalized spacial score (nSPS) is 13.4. The number of ether oxygens (including phenoxy) is 1. The third-order valence-corrected chi connectivity index (χ3v) is 2.24. The number of hydrogen-bond donors (Lipinski definition) is 3. The Morgan fingerprint density at radius 2 is 2.13 bits per heavy atom. The predicted octanol–water partition coefficient (Wildman–Crippen LogP) is 0.481. The van der Waals surface area contributed by atoms with Gasteiger partial charge < -0.3 is 20.5 Å². The van der Waals surface area contributed by atoms with Crippen LogP contribution in [0.4, 0.5) is 4.79 Å². The van der Waals surface area contributed by atoms with Crippen LogP contribution in [0.3, 0.4) is 0 Å². The SMILES string of the molecule is CCC(C)(C)OCC(O)CNC(=O)NC. The second-order valence-corrected chi connectivity index (χ2v) is 4.04. The van der Waals surface area contributed by atoms with Crippen molar-refractivity contribution in [2.75, 3.05) is 20.2 Å². The molecule has 0 aliphatic rings. The lowest BCUT2D eigenvalue weighted by Crippen LogP contribution is -2.40. The zero-order valence-electron chi connectivity index (χ0n) is 9.96. The quantitative estimate of drug-likeness (QED) is 0.607. The highest BCUT2D eigenvalue weighted by molar-refractivity contribution is 5.73. The van der Waals surface area contributed by atoms with Gasteiger partial charge in [0.25, 0.3) is 0 Å². The molecule has 0 aliphatic heterocycles. The Morgan fingerprint density at radius 3 is 2.60 bits per heavy atom. The first kappa shape index (κ1) is 14.2. The number of carbonyl (C=O) groups is 1. The number of amides is 2. The molecule has 5 nitrogen and oxygen atoms in total. The highest BCUT2D eigenvalue weighted by Gasteiger charge is 2.17. The molecule has 1 unspecified atom stereocenters. The monoisotopic (exact) mass is 218 g/mol. The highest BCUT2D eigenvalue weighted by Crippen LogP contribution is 2.13. The molecule has 5 heteroatoms. The van der Waals surface area contributed by atoms with Crippen molar-refractivity contribution in [1.29, 1.82) is 0 Å². The van der Waals surface area contributed by atoms with E-state index in [1.54, 1.807) is 0 Å². The number of urea groups is 1. The summed E-state index contributed by atoms with van der Waals surface area (Å²) < 4.78 is 5.48. The second-order valence-electron chi connectivity index (χ2n) is 4.04. The molecular weight excluding hydrogens is 196 g/mol. The Labute approximate surface area is 91.2 Å². The Bertz CT molecular complexity index is 195. The second kappa shape index (κ2) is 6.63. The summed E-state index contributed by atoms with van der Waals surface area (Å²) in [5.74, 6) is 0. The van der Waals surface area contributed by atoms with Crippen LogP contribution in [0.5, 0.6) is 0 Å². The molecule has 90 valence electrons. The topological polar surface area (TPSA) is 70.6 Å². The molecule has 0 aliphatic carbocycles. The molecule has 0 rings (SSSR count). The van der Waals surface area contributed by atoms with Crippen molar-refractivity contribution in [3.05, 3.63) is 0 Å². The maximum Gasteiger partial charge on any atom is 0.314 e. The van der Waals surface area contributed by atoms with Crippen molar-refractivity contribution in [3.63, 3.8) is 0 Å². The van der Waals surface area contributed by atoms with Crippen LogP contribution in [0, 0.1) is 0 Å². The van der Waals surface area contributed by atoms with E-state index in [9.17, 15) is 9.90 Å². The van der Waals surface area contributed by atoms with Crippen molar-refractivity contribution < 1.29 is 14.6 Å². The van der Waals surface area contributed by atoms with E-state index in [0.717, 1.165) is 6.42 Å². The smallest absolute Gasteiger partial charge is 0.314 e. The summed E-state index contributed by atoms with van der Waals surface area (Å²) in [5.41, 5.74) is -0.228. The Balaban J connectivity index is 3.66. The van der Waals surface area contributed by atoms with Gasteiger partial charge in [-0.25, -0.2) is 4.79 Å². The molecule has 0 saturated heterocycles. The highest BCUT2D eigenvalue weighted by atomic mass is 16.5. The van der Waals surface area contributed by atoms with Gasteiger partial charge in [0, 0.05) is 13.6 Å². The van der Waals surface area contributed by atoms with Crippen molar-refractivity contribution >= 4 is 6.03 Å². The molecule has 0 aromatic carbocycles. The minimum atomic E-state index is -0.673. The van der Waals surface area contributed by atoms with Crippen LogP contribution in [-0.2, 0) is 4.74 Å². The third kappa shape index (κ3) is 7.16. The number of nitrogens with one attached hydrogen (secondary N) is 2. The summed E-state index contributed by atoms with van der Waals surface area (Å²) in [7, 11) is 1.53. The van der Waals surface area contributed by atoms with Gasteiger partial charge in [-0.15, -0.1) is 0 Å². The fraction of sp³-hybridized carbons (Fsp3) is 0.900. The van der Waals surface area contributed by atoms with Gasteiger partial charge in [0.15, 0.2) is 0 Å². The molecule has 15 heavy (non-hydrogen) atoms. The first-order valence-corrected chi connectivity index (χ1v) is 5.19. The summed E-state index contributed by atoms with van der Waals surface area (Å²) >= 11 is 0. The summed E-state index contributed by atoms with van der Waals surface area (Å²) in [6.45, 7) is 6.37. The van der Waals surface area contributed by atoms with E-state index in [1.807, 2.05) is 20.8 Å². The van der Waals surface area contributed by atoms with Gasteiger partial charge in [0.05, 0.1) is 18.3 Å². The molecule has 0 bridgehead atoms. The molecule has 0 aromatic rings. The van der Waals surface area contributed by atoms with Crippen molar-refractivity contribution in [2.45, 2.75) is 38.9 Å². The van der Waals surface area contributed by atoms with Gasteiger partial charge in [0.1, 0.15) is 0 Å². The van der Waals surface area contributed by atoms with Gasteiger partial charge in [0.2, 0.25) is 0 Å². The van der Waals surface area contributed by atoms with Crippen LogP contribution in [0.25, 0.3) is 0 Å². The van der Waals surface area contributed by atoms with E-state index >= 15 is 0 Å². The molecule has 0 spiro atoms. The fourth-order valence-electron chi connectivity index (χ4n) is 0.782. The minimum Gasteiger partial charge on any atom is -0.389 e. The lowest BCUT2D eigenvalue weighted by molar-refractivity contribution is -0.0594. The molecule has 3 N–H and O–H groups in total. The molecule has 1 atom stereocenters. The molecule has 0 saturated carbocycles. The van der Waals surface area contributed by atoms with Crippen LogP contribution in [-0.4, -0.2) is 43.0 Å². The number of hydrogen-bond acceptors (Lipinski definition) is 3. The minimum absolute atomic E-state index is 0.194. The van der Waals surface area contributed by atoms with Gasteiger partial charge >= 0.3 is 6.03 Å². The Kier molecular flexibility index (Phi) is 6.27. The number of carbonyl (C=O) groups excluding carboxylic acids is 1. The Hall–Kier alpha value is -0.810. The molecule has 0 radical (unpaired) electrons. The van der Waals surface area contributed by atoms with Crippen LogP contribution < -0.4 is 10.6 Å². The summed E-state index contributed by atoms with van der Waals surface area (Å²) in [6, 6.07) is -0.302. The number of aliphatic hydroxyl groups is 1. The van der Waals surface area contributed by atoms with Crippen LogP contribution in [0.1, 0.15) is 27.2 Å². The number of aliphatic hydroxyl groups excluding tert-OH is 1. The first-order valence-electron chi connectivity index (χ1n) is 5.19. The van der Waals surface area contributed by atoms with E-state index in [-0.39, 0.29) is 24.8 Å². The summed E-state index contributed by atoms with van der Waals surface area (Å²) in [4.78, 5) is 10.8. The number of rotatable bonds is 6. The van der Waals surface area contributed by atoms with E-state index in [2.05, 4.69) is 10.6 Å². The van der Waals surface area contributed by atoms with E-state index in [1.165, 1.54) is 7.05 Å². The van der Waals surface area contributed by atoms with Crippen molar-refractivity contribution in [3.8, 4) is 0 Å². The van der Waals surface area contributed by atoms with Crippen LogP contribution in [0.15, 0.2) is 0 Å². The van der Waals surface area contributed by atoms with Crippen LogP contribution in [0.2, 0.25) is 0 Å². The van der Waals surface area contributed by atoms with Gasteiger partial charge in [-0.2, -0.15) is 0 Å². The first-order chi connectivity index (χ1) is 6.91. The zero-order chi connectivity index (χ0) is 11.9. The molecule has 0 heterocycles. The molecule has 0 fully saturated rings. The van der Waals surface area contributed by atoms with E-state index < -0.39 is 6.10 Å². The standard InChI is InChI=1S/C10H22N2O3/c1-5-10(2,3)15-7-8(13)6-12-9(14)11-4/h8,13H,5-7H2,1-4H3,(H2,11,12,14). The Morgan fingerprint density at radius 1 is 1.53 bits per heavy atom. The molecule has 0 aromatic heterocycles. The van der Waals surface area contributed by atoms with Crippen molar-refractivity contribution in [1.82, 2.24) is 10.6 Å². The fourth-order valence-corrected chi connectivity index (χ4v) is 0.782. The predicted molar refractivity (Wildman–Crippen MR) is 58.8 cm³/mol. The van der Waals surface area contributed by atoms with Gasteiger partial charge in [-0.3, -0.25) is 0 Å². The summed E-state index contributed by atoms with van der Waals surface area (Å²) in [6.07, 6.45) is 0.205. The summed E-state index contributed by atoms with van der Waals surface area (Å²) in [5, 5.41) is 14.4. The maximum atomic E-state index is 10.8. The molecule has 2 amide bonds. The van der Waals surface area contributed by atoms with Crippen molar-refractivity contribution in [2.24, 2.45) is 0 Å². The maximum absolute atomic E-state index is 10.8. The van der Waals surface area contributed by atoms with E-state index in [0.29, 0.717) is 0 Å². The average Bonchev–Trinajstić information content (AvgIpc) is 2.23. The van der Waals surface area contributed by atoms with Gasteiger partial charge in [-0.05, 0) is 20.3 Å². The lowest BCUT2D eigenvalue weighted by atomic mass is 10.1. The third-order valence-electron chi connectivity index (χ3n) is 2.24. The average molecular weight is 218 g/mol. The lowest BCUT2D eigenvalue weighted by Gasteiger charge is -2.25. The van der Waals surface area contributed by atoms with Crippen LogP contribution >= 0.6 is 0 Å².